The third-order valence-electron chi connectivity index (χ3n) is 4.91. The van der Waals surface area contributed by atoms with Crippen molar-refractivity contribution >= 4 is 40.6 Å². The van der Waals surface area contributed by atoms with Gasteiger partial charge in [0.05, 0.1) is 27.8 Å². The maximum atomic E-state index is 12.1. The van der Waals surface area contributed by atoms with Crippen LogP contribution >= 0.6 is 23.2 Å². The molecule has 1 unspecified atom stereocenters. The summed E-state index contributed by atoms with van der Waals surface area (Å²) in [6.07, 6.45) is 2.01. The summed E-state index contributed by atoms with van der Waals surface area (Å²) in [7, 11) is 0. The highest BCUT2D eigenvalue weighted by atomic mass is 35.5. The molecule has 5 nitrogen and oxygen atoms in total. The number of nitrogens with one attached hydrogen (secondary N) is 2. The van der Waals surface area contributed by atoms with Crippen molar-refractivity contribution in [2.75, 3.05) is 10.6 Å². The van der Waals surface area contributed by atoms with E-state index in [2.05, 4.69) is 15.6 Å². The first kappa shape index (κ1) is 22.6. The minimum absolute atomic E-state index is 0.0621. The molecule has 7 heteroatoms. The summed E-state index contributed by atoms with van der Waals surface area (Å²) in [6.45, 7) is 3.92. The van der Waals surface area contributed by atoms with Crippen LogP contribution in [0.2, 0.25) is 10.0 Å². The summed E-state index contributed by atoms with van der Waals surface area (Å²) in [5.41, 5.74) is 4.42. The van der Waals surface area contributed by atoms with Gasteiger partial charge in [0, 0.05) is 24.6 Å². The first-order valence-electron chi connectivity index (χ1n) is 9.84. The number of aromatic nitrogens is 1. The highest BCUT2D eigenvalue weighted by molar-refractivity contribution is 6.43. The predicted octanol–water partition coefficient (Wildman–Crippen LogP) is 6.78. The Bertz CT molecular complexity index is 1120. The zero-order valence-electron chi connectivity index (χ0n) is 17.2. The van der Waals surface area contributed by atoms with Crippen LogP contribution < -0.4 is 10.6 Å². The second kappa shape index (κ2) is 10.3. The van der Waals surface area contributed by atoms with Gasteiger partial charge in [-0.1, -0.05) is 59.6 Å². The van der Waals surface area contributed by atoms with E-state index in [-0.39, 0.29) is 24.8 Å². The molecule has 158 valence electrons. The van der Waals surface area contributed by atoms with Crippen molar-refractivity contribution in [3.05, 3.63) is 75.9 Å². The van der Waals surface area contributed by atoms with Gasteiger partial charge in [0.1, 0.15) is 0 Å². The number of nitrogens with zero attached hydrogens (tertiary/aromatic N) is 2. The molecule has 0 aliphatic rings. The smallest absolute Gasteiger partial charge is 0.225 e. The predicted molar refractivity (Wildman–Crippen MR) is 126 cm³/mol. The van der Waals surface area contributed by atoms with Crippen LogP contribution in [-0.2, 0) is 4.79 Å². The lowest BCUT2D eigenvalue weighted by molar-refractivity contribution is -0.116. The van der Waals surface area contributed by atoms with Gasteiger partial charge in [0.2, 0.25) is 5.91 Å². The second-order valence-electron chi connectivity index (χ2n) is 7.15. The van der Waals surface area contributed by atoms with Gasteiger partial charge in [-0.05, 0) is 42.7 Å². The van der Waals surface area contributed by atoms with Crippen LogP contribution in [0.4, 0.5) is 11.5 Å². The topological polar surface area (TPSA) is 77.8 Å². The summed E-state index contributed by atoms with van der Waals surface area (Å²) in [6, 6.07) is 17.4. The van der Waals surface area contributed by atoms with Crippen LogP contribution in [0.3, 0.4) is 0 Å². The maximum Gasteiger partial charge on any atom is 0.225 e. The Hall–Kier alpha value is -3.07. The fraction of sp³-hybridized carbons (Fsp3) is 0.208. The molecule has 3 rings (SSSR count). The van der Waals surface area contributed by atoms with Crippen LogP contribution in [0.15, 0.2) is 54.7 Å². The van der Waals surface area contributed by atoms with Gasteiger partial charge in [0.15, 0.2) is 5.82 Å². The third kappa shape index (κ3) is 5.55. The van der Waals surface area contributed by atoms with Crippen LogP contribution in [0.1, 0.15) is 36.9 Å². The van der Waals surface area contributed by atoms with Crippen molar-refractivity contribution in [1.29, 1.82) is 5.26 Å². The Kier molecular flexibility index (Phi) is 7.51. The number of anilines is 2. The van der Waals surface area contributed by atoms with E-state index < -0.39 is 0 Å². The third-order valence-corrected chi connectivity index (χ3v) is 5.73. The molecular weight excluding hydrogens is 431 g/mol. The molecule has 0 aliphatic carbocycles. The SMILES string of the molecule is Cc1ccnc(NC(C)c2ccc(-c3cccc(Cl)c3Cl)cc2)c1NC(=O)CCC#N. The lowest BCUT2D eigenvalue weighted by Gasteiger charge is -2.19. The Morgan fingerprint density at radius 1 is 1.16 bits per heavy atom. The lowest BCUT2D eigenvalue weighted by Crippen LogP contribution is -2.16. The molecule has 2 aromatic carbocycles. The number of amides is 1. The minimum Gasteiger partial charge on any atom is -0.362 e. The number of benzene rings is 2. The van der Waals surface area contributed by atoms with Crippen LogP contribution in [0.25, 0.3) is 11.1 Å². The average Bonchev–Trinajstić information content (AvgIpc) is 2.76. The summed E-state index contributed by atoms with van der Waals surface area (Å²) < 4.78 is 0. The van der Waals surface area contributed by atoms with E-state index >= 15 is 0 Å². The van der Waals surface area contributed by atoms with E-state index in [1.807, 2.05) is 62.4 Å². The molecule has 1 amide bonds. The van der Waals surface area contributed by atoms with E-state index in [1.165, 1.54) is 0 Å². The number of carbonyl (C=O) groups excluding carboxylic acids is 1. The van der Waals surface area contributed by atoms with Crippen molar-refractivity contribution in [1.82, 2.24) is 4.98 Å². The van der Waals surface area contributed by atoms with Gasteiger partial charge in [-0.3, -0.25) is 4.79 Å². The molecule has 0 saturated carbocycles. The van der Waals surface area contributed by atoms with Crippen molar-refractivity contribution in [2.24, 2.45) is 0 Å². The van der Waals surface area contributed by atoms with E-state index in [0.717, 1.165) is 22.3 Å². The normalized spacial score (nSPS) is 11.5. The molecule has 0 bridgehead atoms. The van der Waals surface area contributed by atoms with E-state index in [4.69, 9.17) is 28.5 Å². The molecule has 1 atom stereocenters. The molecule has 3 aromatic rings. The highest BCUT2D eigenvalue weighted by Gasteiger charge is 2.14. The molecule has 0 fully saturated rings. The van der Waals surface area contributed by atoms with Crippen molar-refractivity contribution < 1.29 is 4.79 Å². The van der Waals surface area contributed by atoms with Gasteiger partial charge in [0.25, 0.3) is 0 Å². The summed E-state index contributed by atoms with van der Waals surface area (Å²) in [5, 5.41) is 16.0. The number of nitriles is 1. The summed E-state index contributed by atoms with van der Waals surface area (Å²) in [4.78, 5) is 16.5. The molecule has 31 heavy (non-hydrogen) atoms. The number of hydrogen-bond acceptors (Lipinski definition) is 4. The first-order valence-corrected chi connectivity index (χ1v) is 10.6. The fourth-order valence-electron chi connectivity index (χ4n) is 3.16. The summed E-state index contributed by atoms with van der Waals surface area (Å²) in [5.74, 6) is 0.371. The lowest BCUT2D eigenvalue weighted by atomic mass is 10.0. The van der Waals surface area contributed by atoms with Crippen LogP contribution in [0, 0.1) is 18.3 Å². The molecule has 1 aromatic heterocycles. The van der Waals surface area contributed by atoms with Gasteiger partial charge < -0.3 is 10.6 Å². The van der Waals surface area contributed by atoms with Gasteiger partial charge in [-0.2, -0.15) is 5.26 Å². The molecular formula is C24H22Cl2N4O. The molecule has 0 saturated heterocycles. The highest BCUT2D eigenvalue weighted by Crippen LogP contribution is 2.34. The number of carbonyl (C=O) groups is 1. The zero-order valence-corrected chi connectivity index (χ0v) is 18.8. The number of rotatable bonds is 7. The number of hydrogen-bond donors (Lipinski definition) is 2. The Labute approximate surface area is 192 Å². The van der Waals surface area contributed by atoms with Gasteiger partial charge in [-0.25, -0.2) is 4.98 Å². The quantitative estimate of drug-likeness (QED) is 0.413. The van der Waals surface area contributed by atoms with E-state index in [0.29, 0.717) is 21.6 Å². The standard InChI is InChI=1S/C24H22Cl2N4O/c1-15-12-14-28-24(23(15)30-21(31)7-4-13-27)29-16(2)17-8-10-18(11-9-17)19-5-3-6-20(25)22(19)26/h3,5-6,8-12,14,16H,4,7H2,1-2H3,(H,28,29)(H,30,31). The monoisotopic (exact) mass is 452 g/mol. The van der Waals surface area contributed by atoms with Crippen molar-refractivity contribution in [2.45, 2.75) is 32.7 Å². The molecule has 2 N–H and O–H groups in total. The minimum atomic E-state index is -0.212. The zero-order chi connectivity index (χ0) is 22.4. The number of aryl methyl sites for hydroxylation is 1. The Morgan fingerprint density at radius 2 is 1.90 bits per heavy atom. The van der Waals surface area contributed by atoms with E-state index in [9.17, 15) is 4.79 Å². The van der Waals surface area contributed by atoms with Gasteiger partial charge in [-0.15, -0.1) is 0 Å². The van der Waals surface area contributed by atoms with Crippen LogP contribution in [0.5, 0.6) is 0 Å². The van der Waals surface area contributed by atoms with Crippen molar-refractivity contribution in [3.8, 4) is 17.2 Å². The molecule has 0 spiro atoms. The molecule has 1 heterocycles. The second-order valence-corrected chi connectivity index (χ2v) is 7.93. The average molecular weight is 453 g/mol. The van der Waals surface area contributed by atoms with Gasteiger partial charge >= 0.3 is 0 Å². The largest absolute Gasteiger partial charge is 0.362 e. The van der Waals surface area contributed by atoms with Crippen LogP contribution in [-0.4, -0.2) is 10.9 Å². The Balaban J connectivity index is 1.78. The molecule has 0 aliphatic heterocycles. The first-order chi connectivity index (χ1) is 14.9. The maximum absolute atomic E-state index is 12.1. The van der Waals surface area contributed by atoms with Crippen molar-refractivity contribution in [3.63, 3.8) is 0 Å². The Morgan fingerprint density at radius 3 is 2.61 bits per heavy atom. The molecule has 0 radical (unpaired) electrons. The van der Waals surface area contributed by atoms with E-state index in [1.54, 1.807) is 12.3 Å². The number of pyridine rings is 1. The summed E-state index contributed by atoms with van der Waals surface area (Å²) >= 11 is 12.5. The fourth-order valence-corrected chi connectivity index (χ4v) is 3.57. The number of halogens is 2.